The van der Waals surface area contributed by atoms with Gasteiger partial charge in [-0.1, -0.05) is 0 Å². The van der Waals surface area contributed by atoms with Crippen LogP contribution < -0.4 is 4.74 Å². The molecule has 1 aromatic rings. The highest BCUT2D eigenvalue weighted by Gasteiger charge is 2.18. The zero-order valence-electron chi connectivity index (χ0n) is 7.85. The van der Waals surface area contributed by atoms with Crippen LogP contribution in [0, 0.1) is 6.92 Å². The van der Waals surface area contributed by atoms with Crippen LogP contribution in [0.3, 0.4) is 0 Å². The summed E-state index contributed by atoms with van der Waals surface area (Å²) < 4.78 is 30.0. The van der Waals surface area contributed by atoms with Crippen LogP contribution in [0.2, 0.25) is 0 Å². The van der Waals surface area contributed by atoms with Crippen molar-refractivity contribution in [2.24, 2.45) is 0 Å². The maximum absolute atomic E-state index is 12.5. The first-order valence-electron chi connectivity index (χ1n) is 3.98. The molecule has 5 heteroatoms. The van der Waals surface area contributed by atoms with E-state index in [1.54, 1.807) is 13.0 Å². The largest absolute Gasteiger partial charge is 0.496 e. The molecule has 0 aromatic carbocycles. The quantitative estimate of drug-likeness (QED) is 0.732. The second kappa shape index (κ2) is 4.55. The number of alkyl halides is 3. The topological polar surface area (TPSA) is 22.1 Å². The molecule has 14 heavy (non-hydrogen) atoms. The number of aromatic nitrogens is 1. The molecule has 0 saturated carbocycles. The Bertz CT molecular complexity index is 331. The third kappa shape index (κ3) is 2.12. The molecule has 0 aliphatic heterocycles. The summed E-state index contributed by atoms with van der Waals surface area (Å²) in [4.78, 5) is 3.74. The fourth-order valence-corrected chi connectivity index (χ4v) is 1.46. The van der Waals surface area contributed by atoms with Gasteiger partial charge in [0, 0.05) is 17.3 Å². The smallest absolute Gasteiger partial charge is 0.280 e. The highest BCUT2D eigenvalue weighted by atomic mass is 35.5. The van der Waals surface area contributed by atoms with E-state index in [-0.39, 0.29) is 17.1 Å². The van der Waals surface area contributed by atoms with Crippen LogP contribution in [-0.4, -0.2) is 12.1 Å². The molecule has 0 unspecified atom stereocenters. The van der Waals surface area contributed by atoms with Gasteiger partial charge in [-0.25, -0.2) is 8.78 Å². The number of aryl methyl sites for hydroxylation is 1. The van der Waals surface area contributed by atoms with Crippen molar-refractivity contribution in [2.75, 3.05) is 7.11 Å². The van der Waals surface area contributed by atoms with Crippen molar-refractivity contribution in [1.29, 1.82) is 0 Å². The second-order valence-electron chi connectivity index (χ2n) is 2.76. The molecule has 0 spiro atoms. The predicted molar refractivity (Wildman–Crippen MR) is 50.0 cm³/mol. The molecular weight excluding hydrogens is 212 g/mol. The summed E-state index contributed by atoms with van der Waals surface area (Å²) >= 11 is 5.56. The number of pyridine rings is 1. The maximum atomic E-state index is 12.5. The number of nitrogens with zero attached hydrogens (tertiary/aromatic N) is 1. The Balaban J connectivity index is 3.31. The van der Waals surface area contributed by atoms with E-state index >= 15 is 0 Å². The standard InChI is InChI=1S/C9H10ClF2NO/c1-5-3-7(14-2)6(4-10)8(13-5)9(11)12/h3,9H,4H2,1-2H3. The lowest BCUT2D eigenvalue weighted by Crippen LogP contribution is -2.02. The summed E-state index contributed by atoms with van der Waals surface area (Å²) in [6.07, 6.45) is -2.63. The minimum atomic E-state index is -2.63. The van der Waals surface area contributed by atoms with Crippen LogP contribution in [0.4, 0.5) is 8.78 Å². The second-order valence-corrected chi connectivity index (χ2v) is 3.03. The van der Waals surface area contributed by atoms with Crippen LogP contribution in [0.25, 0.3) is 0 Å². The Hall–Kier alpha value is -0.900. The van der Waals surface area contributed by atoms with Crippen molar-refractivity contribution in [3.63, 3.8) is 0 Å². The molecule has 1 aromatic heterocycles. The van der Waals surface area contributed by atoms with E-state index in [0.717, 1.165) is 0 Å². The van der Waals surface area contributed by atoms with Crippen molar-refractivity contribution in [3.05, 3.63) is 23.0 Å². The van der Waals surface area contributed by atoms with Gasteiger partial charge in [0.05, 0.1) is 13.0 Å². The van der Waals surface area contributed by atoms with Crippen molar-refractivity contribution in [3.8, 4) is 5.75 Å². The number of hydrogen-bond acceptors (Lipinski definition) is 2. The van der Waals surface area contributed by atoms with E-state index in [0.29, 0.717) is 11.4 Å². The summed E-state index contributed by atoms with van der Waals surface area (Å²) in [5.74, 6) is 0.332. The van der Waals surface area contributed by atoms with Gasteiger partial charge in [0.25, 0.3) is 6.43 Å². The number of hydrogen-bond donors (Lipinski definition) is 0. The molecule has 0 aliphatic carbocycles. The Morgan fingerprint density at radius 2 is 2.21 bits per heavy atom. The average Bonchev–Trinajstić information content (AvgIpc) is 2.16. The number of methoxy groups -OCH3 is 1. The molecule has 0 N–H and O–H groups in total. The summed E-state index contributed by atoms with van der Waals surface area (Å²) in [6.45, 7) is 1.63. The van der Waals surface area contributed by atoms with Crippen LogP contribution in [-0.2, 0) is 5.88 Å². The Kier molecular flexibility index (Phi) is 3.63. The van der Waals surface area contributed by atoms with Crippen molar-refractivity contribution in [1.82, 2.24) is 4.98 Å². The molecule has 0 fully saturated rings. The van der Waals surface area contributed by atoms with Crippen LogP contribution in [0.5, 0.6) is 5.75 Å². The van der Waals surface area contributed by atoms with Crippen molar-refractivity contribution >= 4 is 11.6 Å². The Morgan fingerprint density at radius 1 is 1.57 bits per heavy atom. The lowest BCUT2D eigenvalue weighted by molar-refractivity contribution is 0.144. The summed E-state index contributed by atoms with van der Waals surface area (Å²) in [7, 11) is 1.42. The highest BCUT2D eigenvalue weighted by molar-refractivity contribution is 6.17. The van der Waals surface area contributed by atoms with Crippen LogP contribution in [0.1, 0.15) is 23.4 Å². The molecular formula is C9H10ClF2NO. The fourth-order valence-electron chi connectivity index (χ4n) is 1.19. The van der Waals surface area contributed by atoms with Crippen molar-refractivity contribution < 1.29 is 13.5 Å². The third-order valence-electron chi connectivity index (χ3n) is 1.80. The van der Waals surface area contributed by atoms with Gasteiger partial charge < -0.3 is 4.74 Å². The van der Waals surface area contributed by atoms with Crippen LogP contribution >= 0.6 is 11.6 Å². The minimum Gasteiger partial charge on any atom is -0.496 e. The first-order valence-corrected chi connectivity index (χ1v) is 4.52. The molecule has 0 radical (unpaired) electrons. The monoisotopic (exact) mass is 221 g/mol. The molecule has 0 aliphatic rings. The van der Waals surface area contributed by atoms with E-state index in [4.69, 9.17) is 16.3 Å². The maximum Gasteiger partial charge on any atom is 0.280 e. The van der Waals surface area contributed by atoms with Gasteiger partial charge in [0.2, 0.25) is 0 Å². The van der Waals surface area contributed by atoms with E-state index < -0.39 is 6.43 Å². The molecule has 0 saturated heterocycles. The molecule has 2 nitrogen and oxygen atoms in total. The highest BCUT2D eigenvalue weighted by Crippen LogP contribution is 2.30. The number of rotatable bonds is 3. The van der Waals surface area contributed by atoms with E-state index in [1.165, 1.54) is 7.11 Å². The fraction of sp³-hybridized carbons (Fsp3) is 0.444. The first kappa shape index (κ1) is 11.2. The SMILES string of the molecule is COc1cc(C)nc(C(F)F)c1CCl. The molecule has 0 amide bonds. The van der Waals surface area contributed by atoms with E-state index in [9.17, 15) is 8.78 Å². The predicted octanol–water partition coefficient (Wildman–Crippen LogP) is 3.08. The average molecular weight is 222 g/mol. The van der Waals surface area contributed by atoms with E-state index in [2.05, 4.69) is 4.98 Å². The summed E-state index contributed by atoms with van der Waals surface area (Å²) in [6, 6.07) is 1.59. The zero-order valence-corrected chi connectivity index (χ0v) is 8.61. The number of halogens is 3. The normalized spacial score (nSPS) is 10.7. The molecule has 78 valence electrons. The van der Waals surface area contributed by atoms with Gasteiger partial charge in [-0.15, -0.1) is 11.6 Å². The Morgan fingerprint density at radius 3 is 2.64 bits per heavy atom. The van der Waals surface area contributed by atoms with Crippen molar-refractivity contribution in [2.45, 2.75) is 19.2 Å². The lowest BCUT2D eigenvalue weighted by atomic mass is 10.2. The van der Waals surface area contributed by atoms with Crippen LogP contribution in [0.15, 0.2) is 6.07 Å². The third-order valence-corrected chi connectivity index (χ3v) is 2.07. The lowest BCUT2D eigenvalue weighted by Gasteiger charge is -2.11. The van der Waals surface area contributed by atoms with Gasteiger partial charge in [-0.3, -0.25) is 4.98 Å². The molecule has 0 atom stereocenters. The molecule has 0 bridgehead atoms. The van der Waals surface area contributed by atoms with Gasteiger partial charge in [-0.2, -0.15) is 0 Å². The summed E-state index contributed by atoms with van der Waals surface area (Å²) in [5.41, 5.74) is 0.456. The first-order chi connectivity index (χ1) is 6.60. The molecule has 1 rings (SSSR count). The minimum absolute atomic E-state index is 0.0316. The van der Waals surface area contributed by atoms with Gasteiger partial charge >= 0.3 is 0 Å². The van der Waals surface area contributed by atoms with Gasteiger partial charge in [0.15, 0.2) is 0 Å². The van der Waals surface area contributed by atoms with Gasteiger partial charge in [0.1, 0.15) is 11.4 Å². The summed E-state index contributed by atoms with van der Waals surface area (Å²) in [5, 5.41) is 0. The zero-order chi connectivity index (χ0) is 10.7. The number of ether oxygens (including phenoxy) is 1. The molecule has 1 heterocycles. The Labute approximate surface area is 85.9 Å². The van der Waals surface area contributed by atoms with Gasteiger partial charge in [-0.05, 0) is 6.92 Å². The van der Waals surface area contributed by atoms with E-state index in [1.807, 2.05) is 0 Å².